The fraction of sp³-hybridized carbons (Fsp3) is 0.0556. The van der Waals surface area contributed by atoms with Gasteiger partial charge in [-0.15, -0.1) is 0 Å². The zero-order chi connectivity index (χ0) is 18.7. The number of hydrogen-bond donors (Lipinski definition) is 2. The molecular weight excluding hydrogens is 344 g/mol. The van der Waals surface area contributed by atoms with Gasteiger partial charge in [0.15, 0.2) is 17.5 Å². The molecule has 0 aliphatic rings. The summed E-state index contributed by atoms with van der Waals surface area (Å²) in [4.78, 5) is 24.2. The van der Waals surface area contributed by atoms with Crippen LogP contribution < -0.4 is 10.6 Å². The summed E-state index contributed by atoms with van der Waals surface area (Å²) in [6.07, 6.45) is 0. The van der Waals surface area contributed by atoms with E-state index in [1.165, 1.54) is 30.3 Å². The highest BCUT2D eigenvalue weighted by atomic mass is 19.2. The molecule has 2 aromatic carbocycles. The Balaban J connectivity index is 1.67. The van der Waals surface area contributed by atoms with Crippen molar-refractivity contribution in [2.45, 2.75) is 6.92 Å². The lowest BCUT2D eigenvalue weighted by atomic mass is 10.1. The lowest BCUT2D eigenvalue weighted by Crippen LogP contribution is -2.14. The van der Waals surface area contributed by atoms with Crippen LogP contribution in [0.3, 0.4) is 0 Å². The van der Waals surface area contributed by atoms with Crippen molar-refractivity contribution >= 4 is 23.3 Å². The molecule has 0 unspecified atom stereocenters. The molecule has 26 heavy (non-hydrogen) atoms. The summed E-state index contributed by atoms with van der Waals surface area (Å²) < 4.78 is 30.9. The first-order chi connectivity index (χ1) is 12.4. The number of nitrogens with zero attached hydrogens (tertiary/aromatic N) is 1. The van der Waals surface area contributed by atoms with E-state index in [-0.39, 0.29) is 17.1 Å². The van der Waals surface area contributed by atoms with Gasteiger partial charge in [0.05, 0.1) is 0 Å². The van der Waals surface area contributed by atoms with Gasteiger partial charge in [-0.2, -0.15) is 0 Å². The van der Waals surface area contributed by atoms with E-state index in [9.17, 15) is 18.4 Å². The Kier molecular flexibility index (Phi) is 4.74. The first-order valence-electron chi connectivity index (χ1n) is 7.53. The fourth-order valence-electron chi connectivity index (χ4n) is 2.16. The number of amides is 2. The van der Waals surface area contributed by atoms with Crippen LogP contribution in [0.15, 0.2) is 53.1 Å². The maximum Gasteiger partial charge on any atom is 0.256 e. The van der Waals surface area contributed by atoms with Gasteiger partial charge in [0, 0.05) is 28.9 Å². The number of halogens is 2. The average Bonchev–Trinajstić information content (AvgIpc) is 3.03. The summed E-state index contributed by atoms with van der Waals surface area (Å²) >= 11 is 0. The van der Waals surface area contributed by atoms with Crippen LogP contribution in [0.1, 0.15) is 26.5 Å². The molecule has 0 saturated heterocycles. The topological polar surface area (TPSA) is 84.2 Å². The van der Waals surface area contributed by atoms with Crippen molar-refractivity contribution in [3.05, 3.63) is 77.1 Å². The van der Waals surface area contributed by atoms with Gasteiger partial charge in [-0.1, -0.05) is 5.16 Å². The summed E-state index contributed by atoms with van der Waals surface area (Å²) in [6.45, 7) is 1.70. The SMILES string of the molecule is Cc1cc(NC(=O)c2ccc(C(=O)Nc3ccc(F)c(F)c3)cc2)no1. The Morgan fingerprint density at radius 2 is 1.50 bits per heavy atom. The molecule has 2 amide bonds. The largest absolute Gasteiger partial charge is 0.360 e. The second kappa shape index (κ2) is 7.14. The standard InChI is InChI=1S/C18H13F2N3O3/c1-10-8-16(23-26-10)22-18(25)12-4-2-11(3-5-12)17(24)21-13-6-7-14(19)15(20)9-13/h2-9H,1H3,(H,21,24)(H,22,23,25). The first kappa shape index (κ1) is 17.3. The van der Waals surface area contributed by atoms with Crippen LogP contribution in [0.2, 0.25) is 0 Å². The van der Waals surface area contributed by atoms with E-state index in [0.717, 1.165) is 12.1 Å². The second-order valence-corrected chi connectivity index (χ2v) is 5.44. The van der Waals surface area contributed by atoms with Gasteiger partial charge < -0.3 is 15.2 Å². The Morgan fingerprint density at radius 3 is 2.04 bits per heavy atom. The van der Waals surface area contributed by atoms with Gasteiger partial charge in [0.1, 0.15) is 5.76 Å². The van der Waals surface area contributed by atoms with Gasteiger partial charge in [0.25, 0.3) is 11.8 Å². The molecule has 0 aliphatic heterocycles. The quantitative estimate of drug-likeness (QED) is 0.744. The maximum atomic E-state index is 13.2. The van der Waals surface area contributed by atoms with Crippen LogP contribution in [-0.4, -0.2) is 17.0 Å². The molecule has 132 valence electrons. The van der Waals surface area contributed by atoms with E-state index in [1.54, 1.807) is 13.0 Å². The average molecular weight is 357 g/mol. The molecule has 0 aliphatic carbocycles. The van der Waals surface area contributed by atoms with Crippen LogP contribution in [-0.2, 0) is 0 Å². The molecule has 0 radical (unpaired) electrons. The van der Waals surface area contributed by atoms with E-state index in [4.69, 9.17) is 4.52 Å². The van der Waals surface area contributed by atoms with Crippen LogP contribution in [0.5, 0.6) is 0 Å². The number of hydrogen-bond acceptors (Lipinski definition) is 4. The lowest BCUT2D eigenvalue weighted by molar-refractivity contribution is 0.101. The van der Waals surface area contributed by atoms with Crippen LogP contribution >= 0.6 is 0 Å². The Labute approximate surface area is 146 Å². The minimum Gasteiger partial charge on any atom is -0.360 e. The zero-order valence-electron chi connectivity index (χ0n) is 13.5. The van der Waals surface area contributed by atoms with E-state index >= 15 is 0 Å². The molecular formula is C18H13F2N3O3. The third kappa shape index (κ3) is 3.92. The van der Waals surface area contributed by atoms with Crippen LogP contribution in [0.25, 0.3) is 0 Å². The molecule has 3 rings (SSSR count). The lowest BCUT2D eigenvalue weighted by Gasteiger charge is -2.07. The predicted octanol–water partition coefficient (Wildman–Crippen LogP) is 3.77. The van der Waals surface area contributed by atoms with Crippen molar-refractivity contribution in [1.82, 2.24) is 5.16 Å². The summed E-state index contributed by atoms with van der Waals surface area (Å²) in [5.41, 5.74) is 0.690. The Morgan fingerprint density at radius 1 is 0.885 bits per heavy atom. The number of carbonyl (C=O) groups excluding carboxylic acids is 2. The maximum absolute atomic E-state index is 13.2. The summed E-state index contributed by atoms with van der Waals surface area (Å²) in [7, 11) is 0. The summed E-state index contributed by atoms with van der Waals surface area (Å²) in [5, 5.41) is 8.67. The molecule has 6 nitrogen and oxygen atoms in total. The van der Waals surface area contributed by atoms with Crippen molar-refractivity contribution in [2.75, 3.05) is 10.6 Å². The van der Waals surface area contributed by atoms with Crippen molar-refractivity contribution in [1.29, 1.82) is 0 Å². The molecule has 0 fully saturated rings. The smallest absolute Gasteiger partial charge is 0.256 e. The number of nitrogens with one attached hydrogen (secondary N) is 2. The molecule has 0 atom stereocenters. The predicted molar refractivity (Wildman–Crippen MR) is 89.9 cm³/mol. The van der Waals surface area contributed by atoms with Crippen molar-refractivity contribution < 1.29 is 22.9 Å². The minimum absolute atomic E-state index is 0.122. The molecule has 3 aromatic rings. The van der Waals surface area contributed by atoms with Gasteiger partial charge >= 0.3 is 0 Å². The van der Waals surface area contributed by atoms with E-state index in [0.29, 0.717) is 11.3 Å². The Bertz CT molecular complexity index is 968. The summed E-state index contributed by atoms with van der Waals surface area (Å²) in [6, 6.07) is 10.4. The molecule has 1 aromatic heterocycles. The summed E-state index contributed by atoms with van der Waals surface area (Å²) in [5.74, 6) is -2.14. The number of aromatic nitrogens is 1. The monoisotopic (exact) mass is 357 g/mol. The molecule has 0 bridgehead atoms. The molecule has 8 heteroatoms. The van der Waals surface area contributed by atoms with E-state index in [2.05, 4.69) is 15.8 Å². The number of anilines is 2. The zero-order valence-corrected chi connectivity index (χ0v) is 13.5. The second-order valence-electron chi connectivity index (χ2n) is 5.44. The number of benzene rings is 2. The van der Waals surface area contributed by atoms with Crippen LogP contribution in [0.4, 0.5) is 20.3 Å². The van der Waals surface area contributed by atoms with Crippen molar-refractivity contribution in [3.63, 3.8) is 0 Å². The van der Waals surface area contributed by atoms with E-state index < -0.39 is 23.4 Å². The van der Waals surface area contributed by atoms with Gasteiger partial charge in [-0.05, 0) is 43.3 Å². The molecule has 1 heterocycles. The third-order valence-electron chi connectivity index (χ3n) is 3.46. The molecule has 2 N–H and O–H groups in total. The number of rotatable bonds is 4. The minimum atomic E-state index is -1.06. The van der Waals surface area contributed by atoms with Gasteiger partial charge in [-0.25, -0.2) is 8.78 Å². The van der Waals surface area contributed by atoms with Crippen LogP contribution in [0, 0.1) is 18.6 Å². The van der Waals surface area contributed by atoms with Gasteiger partial charge in [0.2, 0.25) is 0 Å². The third-order valence-corrected chi connectivity index (χ3v) is 3.46. The first-order valence-corrected chi connectivity index (χ1v) is 7.53. The Hall–Kier alpha value is -3.55. The fourth-order valence-corrected chi connectivity index (χ4v) is 2.16. The van der Waals surface area contributed by atoms with Gasteiger partial charge in [-0.3, -0.25) is 9.59 Å². The molecule has 0 saturated carbocycles. The molecule has 0 spiro atoms. The highest BCUT2D eigenvalue weighted by molar-refractivity contribution is 6.06. The highest BCUT2D eigenvalue weighted by Crippen LogP contribution is 2.15. The van der Waals surface area contributed by atoms with Crippen molar-refractivity contribution in [3.8, 4) is 0 Å². The number of aryl methyl sites for hydroxylation is 1. The number of carbonyl (C=O) groups is 2. The normalized spacial score (nSPS) is 10.4. The highest BCUT2D eigenvalue weighted by Gasteiger charge is 2.12. The van der Waals surface area contributed by atoms with E-state index in [1.807, 2.05) is 0 Å². The van der Waals surface area contributed by atoms with Crippen molar-refractivity contribution in [2.24, 2.45) is 0 Å².